The number of methoxy groups -OCH3 is 1. The summed E-state index contributed by atoms with van der Waals surface area (Å²) in [6.45, 7) is 4.30. The molecule has 0 aromatic heterocycles. The van der Waals surface area contributed by atoms with E-state index in [-0.39, 0.29) is 24.1 Å². The van der Waals surface area contributed by atoms with E-state index in [1.54, 1.807) is 18.2 Å². The number of hydrogen-bond acceptors (Lipinski definition) is 2. The molecule has 17 heavy (non-hydrogen) atoms. The van der Waals surface area contributed by atoms with Crippen LogP contribution in [-0.2, 0) is 6.42 Å². The van der Waals surface area contributed by atoms with Crippen LogP contribution in [0.5, 0.6) is 5.75 Å². The van der Waals surface area contributed by atoms with Crippen LogP contribution in [0.15, 0.2) is 18.2 Å². The van der Waals surface area contributed by atoms with Crippen LogP contribution in [0.2, 0.25) is 0 Å². The summed E-state index contributed by atoms with van der Waals surface area (Å²) in [5.74, 6) is 0.568. The topological polar surface area (TPSA) is 29.5 Å². The third kappa shape index (κ3) is 4.00. The summed E-state index contributed by atoms with van der Waals surface area (Å²) >= 11 is 0. The highest BCUT2D eigenvalue weighted by Gasteiger charge is 2.15. The maximum absolute atomic E-state index is 13.9. The lowest BCUT2D eigenvalue weighted by Gasteiger charge is -2.17. The molecule has 0 radical (unpaired) electrons. The van der Waals surface area contributed by atoms with Gasteiger partial charge >= 0.3 is 0 Å². The Morgan fingerprint density at radius 2 is 2.06 bits per heavy atom. The van der Waals surface area contributed by atoms with Crippen molar-refractivity contribution in [1.29, 1.82) is 0 Å². The smallest absolute Gasteiger partial charge is 0.168 e. The molecule has 0 amide bonds. The van der Waals surface area contributed by atoms with Crippen molar-refractivity contribution in [2.75, 3.05) is 13.7 Å². The largest absolute Gasteiger partial charge is 0.494 e. The molecule has 2 nitrogen and oxygen atoms in total. The van der Waals surface area contributed by atoms with Gasteiger partial charge in [-0.25, -0.2) is 4.39 Å². The molecule has 1 rings (SSSR count). The fourth-order valence-corrected chi connectivity index (χ4v) is 2.07. The summed E-state index contributed by atoms with van der Waals surface area (Å²) in [4.78, 5) is 0. The SMILES string of the molecule is COc1cccc(CC(CO)CC(C)C)c1F. The van der Waals surface area contributed by atoms with E-state index in [1.165, 1.54) is 7.11 Å². The zero-order chi connectivity index (χ0) is 12.8. The first kappa shape index (κ1) is 14.0. The van der Waals surface area contributed by atoms with Crippen molar-refractivity contribution in [3.05, 3.63) is 29.6 Å². The third-order valence-electron chi connectivity index (χ3n) is 2.83. The fraction of sp³-hybridized carbons (Fsp3) is 0.571. The lowest BCUT2D eigenvalue weighted by Crippen LogP contribution is -2.13. The minimum absolute atomic E-state index is 0.0921. The maximum Gasteiger partial charge on any atom is 0.168 e. The van der Waals surface area contributed by atoms with Gasteiger partial charge in [0.1, 0.15) is 0 Å². The van der Waals surface area contributed by atoms with Crippen molar-refractivity contribution in [3.8, 4) is 5.75 Å². The number of hydrogen-bond donors (Lipinski definition) is 1. The van der Waals surface area contributed by atoms with Gasteiger partial charge in [-0.1, -0.05) is 26.0 Å². The quantitative estimate of drug-likeness (QED) is 0.828. The first-order chi connectivity index (χ1) is 8.08. The second-order valence-corrected chi connectivity index (χ2v) is 4.82. The Hall–Kier alpha value is -1.09. The van der Waals surface area contributed by atoms with Crippen molar-refractivity contribution in [1.82, 2.24) is 0 Å². The molecular formula is C14H21FO2. The van der Waals surface area contributed by atoms with Crippen LogP contribution in [-0.4, -0.2) is 18.8 Å². The molecule has 1 aromatic rings. The van der Waals surface area contributed by atoms with Crippen molar-refractivity contribution in [3.63, 3.8) is 0 Å². The highest BCUT2D eigenvalue weighted by molar-refractivity contribution is 5.31. The zero-order valence-electron chi connectivity index (χ0n) is 10.7. The molecule has 96 valence electrons. The molecule has 1 atom stereocenters. The fourth-order valence-electron chi connectivity index (χ4n) is 2.07. The standard InChI is InChI=1S/C14H21FO2/c1-10(2)7-11(9-16)8-12-5-4-6-13(17-3)14(12)15/h4-6,10-11,16H,7-9H2,1-3H3. The molecule has 0 aliphatic carbocycles. The molecule has 0 saturated heterocycles. The number of aliphatic hydroxyl groups is 1. The van der Waals surface area contributed by atoms with E-state index in [1.807, 2.05) is 0 Å². The Morgan fingerprint density at radius 3 is 2.59 bits per heavy atom. The zero-order valence-corrected chi connectivity index (χ0v) is 10.7. The lowest BCUT2D eigenvalue weighted by atomic mass is 9.91. The molecule has 0 spiro atoms. The van der Waals surface area contributed by atoms with Crippen molar-refractivity contribution in [2.45, 2.75) is 26.7 Å². The predicted molar refractivity (Wildman–Crippen MR) is 66.7 cm³/mol. The first-order valence-corrected chi connectivity index (χ1v) is 6.00. The normalized spacial score (nSPS) is 12.8. The van der Waals surface area contributed by atoms with Crippen molar-refractivity contribution >= 4 is 0 Å². The van der Waals surface area contributed by atoms with Gasteiger partial charge in [0.2, 0.25) is 0 Å². The minimum Gasteiger partial charge on any atom is -0.494 e. The summed E-state index contributed by atoms with van der Waals surface area (Å²) < 4.78 is 18.8. The van der Waals surface area contributed by atoms with Gasteiger partial charge in [-0.3, -0.25) is 0 Å². The van der Waals surface area contributed by atoms with E-state index in [4.69, 9.17) is 4.74 Å². The second kappa shape index (κ2) is 6.60. The van der Waals surface area contributed by atoms with Crippen molar-refractivity contribution < 1.29 is 14.2 Å². The molecular weight excluding hydrogens is 219 g/mol. The highest BCUT2D eigenvalue weighted by atomic mass is 19.1. The van der Waals surface area contributed by atoms with Crippen LogP contribution in [0.4, 0.5) is 4.39 Å². The predicted octanol–water partition coefficient (Wildman–Crippen LogP) is 3.03. The first-order valence-electron chi connectivity index (χ1n) is 6.00. The Kier molecular flexibility index (Phi) is 5.42. The van der Waals surface area contributed by atoms with Gasteiger partial charge in [0.25, 0.3) is 0 Å². The van der Waals surface area contributed by atoms with Crippen LogP contribution in [0, 0.1) is 17.7 Å². The summed E-state index contributed by atoms with van der Waals surface area (Å²) in [7, 11) is 1.46. The number of rotatable bonds is 6. The van der Waals surface area contributed by atoms with Crippen LogP contribution in [0.25, 0.3) is 0 Å². The van der Waals surface area contributed by atoms with Gasteiger partial charge in [0, 0.05) is 6.61 Å². The van der Waals surface area contributed by atoms with E-state index in [9.17, 15) is 9.50 Å². The van der Waals surface area contributed by atoms with Gasteiger partial charge in [0.15, 0.2) is 11.6 Å². The van der Waals surface area contributed by atoms with E-state index in [2.05, 4.69) is 13.8 Å². The van der Waals surface area contributed by atoms with Gasteiger partial charge in [-0.15, -0.1) is 0 Å². The number of aliphatic hydroxyl groups excluding tert-OH is 1. The molecule has 3 heteroatoms. The summed E-state index contributed by atoms with van der Waals surface area (Å²) in [5, 5.41) is 9.30. The Bertz CT molecular complexity index is 350. The minimum atomic E-state index is -0.308. The van der Waals surface area contributed by atoms with Gasteiger partial charge in [-0.2, -0.15) is 0 Å². The van der Waals surface area contributed by atoms with E-state index in [0.29, 0.717) is 17.9 Å². The molecule has 1 N–H and O–H groups in total. The highest BCUT2D eigenvalue weighted by Crippen LogP contribution is 2.24. The third-order valence-corrected chi connectivity index (χ3v) is 2.83. The summed E-state index contributed by atoms with van der Waals surface area (Å²) in [5.41, 5.74) is 0.615. The van der Waals surface area contributed by atoms with Crippen molar-refractivity contribution in [2.24, 2.45) is 11.8 Å². The summed E-state index contributed by atoms with van der Waals surface area (Å²) in [6.07, 6.45) is 1.45. The molecule has 1 unspecified atom stereocenters. The molecule has 0 fully saturated rings. The molecule has 1 aromatic carbocycles. The van der Waals surface area contributed by atoms with Crippen LogP contribution < -0.4 is 4.74 Å². The van der Waals surface area contributed by atoms with Crippen LogP contribution in [0.1, 0.15) is 25.8 Å². The van der Waals surface area contributed by atoms with Crippen LogP contribution >= 0.6 is 0 Å². The Balaban J connectivity index is 2.79. The second-order valence-electron chi connectivity index (χ2n) is 4.82. The van der Waals surface area contributed by atoms with E-state index in [0.717, 1.165) is 6.42 Å². The number of halogens is 1. The number of benzene rings is 1. The average Bonchev–Trinajstić information content (AvgIpc) is 2.30. The average molecular weight is 240 g/mol. The molecule has 0 aliphatic rings. The molecule has 0 heterocycles. The number of ether oxygens (including phenoxy) is 1. The monoisotopic (exact) mass is 240 g/mol. The van der Waals surface area contributed by atoms with Gasteiger partial charge < -0.3 is 9.84 Å². The summed E-state index contributed by atoms with van der Waals surface area (Å²) in [6, 6.07) is 5.14. The van der Waals surface area contributed by atoms with Crippen LogP contribution in [0.3, 0.4) is 0 Å². The van der Waals surface area contributed by atoms with E-state index >= 15 is 0 Å². The molecule has 0 aliphatic heterocycles. The van der Waals surface area contributed by atoms with Gasteiger partial charge in [0.05, 0.1) is 7.11 Å². The molecule has 0 saturated carbocycles. The van der Waals surface area contributed by atoms with E-state index < -0.39 is 0 Å². The Morgan fingerprint density at radius 1 is 1.35 bits per heavy atom. The maximum atomic E-state index is 13.9. The Labute approximate surface area is 102 Å². The lowest BCUT2D eigenvalue weighted by molar-refractivity contribution is 0.204. The molecule has 0 bridgehead atoms. The van der Waals surface area contributed by atoms with Gasteiger partial charge in [-0.05, 0) is 36.3 Å².